The number of rotatable bonds is 2. The third-order valence-corrected chi connectivity index (χ3v) is 2.26. The summed E-state index contributed by atoms with van der Waals surface area (Å²) in [5.74, 6) is 1.67. The Labute approximate surface area is 92.0 Å². The normalized spacial score (nSPS) is 10.5. The van der Waals surface area contributed by atoms with E-state index in [4.69, 9.17) is 0 Å². The van der Waals surface area contributed by atoms with Crippen LogP contribution < -0.4 is 0 Å². The lowest BCUT2D eigenvalue weighted by Crippen LogP contribution is -1.99. The van der Waals surface area contributed by atoms with Crippen molar-refractivity contribution >= 4 is 0 Å². The van der Waals surface area contributed by atoms with Gasteiger partial charge in [0.15, 0.2) is 0 Å². The van der Waals surface area contributed by atoms with E-state index < -0.39 is 0 Å². The van der Waals surface area contributed by atoms with Gasteiger partial charge in [-0.25, -0.2) is 15.0 Å². The molecule has 0 N–H and O–H groups in total. The Bertz CT molecular complexity index is 519. The lowest BCUT2D eigenvalue weighted by molar-refractivity contribution is 0.934. The largest absolute Gasteiger partial charge is 0.290 e. The molecule has 0 fully saturated rings. The number of hydrogen-bond donors (Lipinski definition) is 0. The summed E-state index contributed by atoms with van der Waals surface area (Å²) in [6.07, 6.45) is 10.6. The maximum absolute atomic E-state index is 4.50. The highest BCUT2D eigenvalue weighted by atomic mass is 15.1. The van der Waals surface area contributed by atoms with E-state index in [0.717, 1.165) is 11.6 Å². The first kappa shape index (κ1) is 8.84. The summed E-state index contributed by atoms with van der Waals surface area (Å²) >= 11 is 0. The molecule has 5 heteroatoms. The zero-order valence-corrected chi connectivity index (χ0v) is 8.43. The molecule has 78 valence electrons. The molecule has 0 saturated carbocycles. The summed E-state index contributed by atoms with van der Waals surface area (Å²) in [6.45, 7) is 0. The first-order valence-corrected chi connectivity index (χ1v) is 4.87. The number of nitrogens with zero attached hydrogens (tertiary/aromatic N) is 5. The Morgan fingerprint density at radius 3 is 1.81 bits per heavy atom. The number of aromatic nitrogens is 5. The van der Waals surface area contributed by atoms with Gasteiger partial charge in [-0.05, 0) is 12.1 Å². The van der Waals surface area contributed by atoms with E-state index in [2.05, 4.69) is 15.0 Å². The van der Waals surface area contributed by atoms with Crippen LogP contribution in [0.15, 0.2) is 55.6 Å². The van der Waals surface area contributed by atoms with Gasteiger partial charge in [-0.3, -0.25) is 9.13 Å². The van der Waals surface area contributed by atoms with Gasteiger partial charge >= 0.3 is 0 Å². The fraction of sp³-hybridized carbons (Fsp3) is 0. The molecule has 0 saturated heterocycles. The van der Waals surface area contributed by atoms with Gasteiger partial charge in [0.05, 0.1) is 0 Å². The average molecular weight is 211 g/mol. The average Bonchev–Trinajstić information content (AvgIpc) is 3.03. The Morgan fingerprint density at radius 2 is 1.38 bits per heavy atom. The van der Waals surface area contributed by atoms with Gasteiger partial charge in [0, 0.05) is 24.8 Å². The molecule has 0 amide bonds. The minimum absolute atomic E-state index is 0.837. The summed E-state index contributed by atoms with van der Waals surface area (Å²) in [7, 11) is 0. The zero-order valence-electron chi connectivity index (χ0n) is 8.43. The van der Waals surface area contributed by atoms with Crippen molar-refractivity contribution in [3.05, 3.63) is 55.6 Å². The van der Waals surface area contributed by atoms with Crippen LogP contribution in [0.5, 0.6) is 0 Å². The van der Waals surface area contributed by atoms with Gasteiger partial charge in [0.25, 0.3) is 0 Å². The zero-order chi connectivity index (χ0) is 10.8. The van der Waals surface area contributed by atoms with Gasteiger partial charge in [-0.15, -0.1) is 0 Å². The third kappa shape index (κ3) is 1.48. The minimum atomic E-state index is 0.837. The highest BCUT2D eigenvalue weighted by molar-refractivity contribution is 5.31. The molecule has 0 aliphatic carbocycles. The molecule has 0 unspecified atom stereocenters. The summed E-state index contributed by atoms with van der Waals surface area (Å²) < 4.78 is 3.72. The Morgan fingerprint density at radius 1 is 0.812 bits per heavy atom. The van der Waals surface area contributed by atoms with Crippen LogP contribution in [-0.2, 0) is 0 Å². The number of pyridine rings is 1. The van der Waals surface area contributed by atoms with Crippen LogP contribution in [0.1, 0.15) is 0 Å². The van der Waals surface area contributed by atoms with Crippen LogP contribution in [0.25, 0.3) is 11.6 Å². The topological polar surface area (TPSA) is 48.5 Å². The summed E-state index contributed by atoms with van der Waals surface area (Å²) in [6, 6.07) is 5.82. The first-order valence-electron chi connectivity index (χ1n) is 4.87. The van der Waals surface area contributed by atoms with Crippen molar-refractivity contribution < 1.29 is 0 Å². The van der Waals surface area contributed by atoms with Crippen molar-refractivity contribution in [1.29, 1.82) is 0 Å². The molecule has 3 aromatic heterocycles. The first-order chi connectivity index (χ1) is 7.93. The van der Waals surface area contributed by atoms with E-state index in [0.29, 0.717) is 0 Å². The van der Waals surface area contributed by atoms with Crippen LogP contribution >= 0.6 is 0 Å². The van der Waals surface area contributed by atoms with Crippen LogP contribution in [0, 0.1) is 0 Å². The van der Waals surface area contributed by atoms with Crippen molar-refractivity contribution in [3.8, 4) is 11.6 Å². The second kappa shape index (κ2) is 3.62. The molecule has 0 bridgehead atoms. The molecule has 3 aromatic rings. The molecular formula is C11H9N5. The molecular weight excluding hydrogens is 202 g/mol. The summed E-state index contributed by atoms with van der Waals surface area (Å²) in [4.78, 5) is 12.5. The van der Waals surface area contributed by atoms with E-state index in [1.165, 1.54) is 0 Å². The summed E-state index contributed by atoms with van der Waals surface area (Å²) in [5.41, 5.74) is 0. The Kier molecular flexibility index (Phi) is 2.00. The lowest BCUT2D eigenvalue weighted by Gasteiger charge is -2.04. The van der Waals surface area contributed by atoms with Gasteiger partial charge in [-0.2, -0.15) is 0 Å². The molecule has 0 aliphatic heterocycles. The van der Waals surface area contributed by atoms with Crippen LogP contribution in [-0.4, -0.2) is 24.1 Å². The second-order valence-corrected chi connectivity index (χ2v) is 3.29. The predicted octanol–water partition coefficient (Wildman–Crippen LogP) is 1.45. The molecule has 3 rings (SSSR count). The quantitative estimate of drug-likeness (QED) is 0.644. The highest BCUT2D eigenvalue weighted by Gasteiger charge is 2.00. The molecule has 0 radical (unpaired) electrons. The standard InChI is InChI=1S/C11H9N5/c1-2-10(15-6-4-12-8-15)14-11(3-1)16-7-5-13-9-16/h1-9H. The Balaban J connectivity index is 2.07. The lowest BCUT2D eigenvalue weighted by atomic mass is 10.4. The molecule has 5 nitrogen and oxygen atoms in total. The van der Waals surface area contributed by atoms with Crippen molar-refractivity contribution in [2.45, 2.75) is 0 Å². The maximum atomic E-state index is 4.50. The smallest absolute Gasteiger partial charge is 0.140 e. The van der Waals surface area contributed by atoms with Crippen molar-refractivity contribution in [1.82, 2.24) is 24.1 Å². The molecule has 0 aromatic carbocycles. The fourth-order valence-electron chi connectivity index (χ4n) is 1.49. The van der Waals surface area contributed by atoms with Crippen molar-refractivity contribution in [2.75, 3.05) is 0 Å². The van der Waals surface area contributed by atoms with E-state index in [1.54, 1.807) is 25.0 Å². The molecule has 3 heterocycles. The predicted molar refractivity (Wildman–Crippen MR) is 58.5 cm³/mol. The minimum Gasteiger partial charge on any atom is -0.290 e. The molecule has 0 atom stereocenters. The SMILES string of the molecule is c1cc(-n2ccnc2)nc(-n2ccnc2)c1. The van der Waals surface area contributed by atoms with E-state index in [1.807, 2.05) is 39.7 Å². The maximum Gasteiger partial charge on any atom is 0.140 e. The van der Waals surface area contributed by atoms with Gasteiger partial charge in [0.1, 0.15) is 24.3 Å². The van der Waals surface area contributed by atoms with Gasteiger partial charge < -0.3 is 0 Å². The molecule has 0 aliphatic rings. The van der Waals surface area contributed by atoms with Crippen LogP contribution in [0.2, 0.25) is 0 Å². The van der Waals surface area contributed by atoms with E-state index >= 15 is 0 Å². The third-order valence-electron chi connectivity index (χ3n) is 2.26. The molecule has 0 spiro atoms. The highest BCUT2D eigenvalue weighted by Crippen LogP contribution is 2.08. The van der Waals surface area contributed by atoms with Crippen molar-refractivity contribution in [2.24, 2.45) is 0 Å². The molecule has 16 heavy (non-hydrogen) atoms. The van der Waals surface area contributed by atoms with Gasteiger partial charge in [0.2, 0.25) is 0 Å². The van der Waals surface area contributed by atoms with E-state index in [9.17, 15) is 0 Å². The fourth-order valence-corrected chi connectivity index (χ4v) is 1.49. The Hall–Kier alpha value is -2.43. The van der Waals surface area contributed by atoms with E-state index in [-0.39, 0.29) is 0 Å². The van der Waals surface area contributed by atoms with Crippen LogP contribution in [0.3, 0.4) is 0 Å². The summed E-state index contributed by atoms with van der Waals surface area (Å²) in [5, 5.41) is 0. The van der Waals surface area contributed by atoms with Gasteiger partial charge in [-0.1, -0.05) is 6.07 Å². The number of imidazole rings is 2. The monoisotopic (exact) mass is 211 g/mol. The van der Waals surface area contributed by atoms with Crippen molar-refractivity contribution in [3.63, 3.8) is 0 Å². The number of hydrogen-bond acceptors (Lipinski definition) is 3. The van der Waals surface area contributed by atoms with Crippen LogP contribution in [0.4, 0.5) is 0 Å². The second-order valence-electron chi connectivity index (χ2n) is 3.29.